The van der Waals surface area contributed by atoms with Gasteiger partial charge in [-0.25, -0.2) is 9.97 Å². The molecule has 21 heavy (non-hydrogen) atoms. The van der Waals surface area contributed by atoms with Crippen LogP contribution in [0.4, 0.5) is 23.0 Å². The molecule has 1 aliphatic rings. The van der Waals surface area contributed by atoms with Crippen LogP contribution in [0, 0.1) is 5.92 Å². The lowest BCUT2D eigenvalue weighted by atomic mass is 10.0. The van der Waals surface area contributed by atoms with Gasteiger partial charge in [-0.3, -0.25) is 0 Å². The Morgan fingerprint density at radius 1 is 1.24 bits per heavy atom. The Morgan fingerprint density at radius 2 is 2.05 bits per heavy atom. The molecule has 2 heterocycles. The Balaban J connectivity index is 1.85. The lowest BCUT2D eigenvalue weighted by molar-refractivity contribution is 0.445. The minimum absolute atomic E-state index is 0.621. The fraction of sp³-hybridized carbons (Fsp3) is 0.375. The second-order valence-corrected chi connectivity index (χ2v) is 5.64. The van der Waals surface area contributed by atoms with Crippen LogP contribution in [0.15, 0.2) is 36.7 Å². The van der Waals surface area contributed by atoms with Crippen molar-refractivity contribution in [1.82, 2.24) is 9.97 Å². The number of aromatic nitrogens is 2. The topological polar surface area (TPSA) is 67.1 Å². The van der Waals surface area contributed by atoms with Crippen molar-refractivity contribution in [2.75, 3.05) is 29.0 Å². The van der Waals surface area contributed by atoms with Gasteiger partial charge in [0.05, 0.1) is 0 Å². The number of nitrogens with zero attached hydrogens (tertiary/aromatic N) is 3. The summed E-state index contributed by atoms with van der Waals surface area (Å²) in [6, 6.07) is 9.92. The quantitative estimate of drug-likeness (QED) is 0.906. The fourth-order valence-corrected chi connectivity index (χ4v) is 2.78. The number of rotatable bonds is 3. The normalized spacial score (nSPS) is 18.5. The highest BCUT2D eigenvalue weighted by Crippen LogP contribution is 2.30. The molecule has 3 N–H and O–H groups in total. The first-order chi connectivity index (χ1) is 10.2. The predicted molar refractivity (Wildman–Crippen MR) is 86.8 cm³/mol. The number of hydrogen-bond donors (Lipinski definition) is 2. The van der Waals surface area contributed by atoms with Gasteiger partial charge in [0.25, 0.3) is 0 Å². The molecule has 1 aromatic carbocycles. The molecular formula is C16H21N5. The van der Waals surface area contributed by atoms with E-state index in [0.29, 0.717) is 17.4 Å². The Hall–Kier alpha value is -2.30. The summed E-state index contributed by atoms with van der Waals surface area (Å²) in [5.74, 6) is 2.19. The molecule has 0 bridgehead atoms. The van der Waals surface area contributed by atoms with Gasteiger partial charge in [-0.15, -0.1) is 0 Å². The number of hydrogen-bond acceptors (Lipinski definition) is 5. The molecule has 1 atom stereocenters. The van der Waals surface area contributed by atoms with E-state index in [-0.39, 0.29) is 0 Å². The van der Waals surface area contributed by atoms with Gasteiger partial charge in [0.1, 0.15) is 12.0 Å². The summed E-state index contributed by atoms with van der Waals surface area (Å²) in [5.41, 5.74) is 7.87. The summed E-state index contributed by atoms with van der Waals surface area (Å²) in [4.78, 5) is 10.9. The molecule has 0 spiro atoms. The minimum atomic E-state index is 0.621. The van der Waals surface area contributed by atoms with E-state index in [9.17, 15) is 0 Å². The van der Waals surface area contributed by atoms with E-state index < -0.39 is 0 Å². The molecular weight excluding hydrogens is 262 g/mol. The Kier molecular flexibility index (Phi) is 3.90. The third kappa shape index (κ3) is 3.07. The van der Waals surface area contributed by atoms with E-state index in [2.05, 4.69) is 27.1 Å². The lowest BCUT2D eigenvalue weighted by Gasteiger charge is -2.32. The van der Waals surface area contributed by atoms with Crippen LogP contribution in [0.1, 0.15) is 19.8 Å². The van der Waals surface area contributed by atoms with Gasteiger partial charge in [0.2, 0.25) is 0 Å². The summed E-state index contributed by atoms with van der Waals surface area (Å²) < 4.78 is 0. The third-order valence-corrected chi connectivity index (χ3v) is 3.86. The Labute approximate surface area is 125 Å². The molecule has 0 radical (unpaired) electrons. The molecule has 2 aromatic rings. The molecule has 0 amide bonds. The van der Waals surface area contributed by atoms with Gasteiger partial charge in [-0.05, 0) is 30.9 Å². The zero-order valence-corrected chi connectivity index (χ0v) is 12.3. The SMILES string of the molecule is CC1CCCN(c2ncnc(Nc3ccccc3)c2N)C1. The van der Waals surface area contributed by atoms with Crippen molar-refractivity contribution in [3.63, 3.8) is 0 Å². The number of anilines is 4. The molecule has 1 aliphatic heterocycles. The first-order valence-electron chi connectivity index (χ1n) is 7.41. The largest absolute Gasteiger partial charge is 0.393 e. The molecule has 1 fully saturated rings. The second kappa shape index (κ2) is 5.99. The van der Waals surface area contributed by atoms with Gasteiger partial charge in [0, 0.05) is 18.8 Å². The molecule has 5 nitrogen and oxygen atoms in total. The van der Waals surface area contributed by atoms with Crippen LogP contribution >= 0.6 is 0 Å². The summed E-state index contributed by atoms with van der Waals surface area (Å²) >= 11 is 0. The van der Waals surface area contributed by atoms with Crippen LogP contribution in [-0.2, 0) is 0 Å². The standard InChI is InChI=1S/C16H21N5/c1-12-6-5-9-21(10-12)16-14(17)15(18-11-19-16)20-13-7-3-2-4-8-13/h2-4,7-8,11-12H,5-6,9-10,17H2,1H3,(H,18,19,20). The maximum atomic E-state index is 6.28. The van der Waals surface area contributed by atoms with E-state index in [1.807, 2.05) is 30.3 Å². The zero-order chi connectivity index (χ0) is 14.7. The first kappa shape index (κ1) is 13.7. The van der Waals surface area contributed by atoms with Crippen molar-refractivity contribution in [2.45, 2.75) is 19.8 Å². The van der Waals surface area contributed by atoms with E-state index in [4.69, 9.17) is 5.73 Å². The highest BCUT2D eigenvalue weighted by atomic mass is 15.2. The van der Waals surface area contributed by atoms with Gasteiger partial charge in [0.15, 0.2) is 11.6 Å². The summed E-state index contributed by atoms with van der Waals surface area (Å²) in [6.45, 7) is 4.29. The smallest absolute Gasteiger partial charge is 0.159 e. The lowest BCUT2D eigenvalue weighted by Crippen LogP contribution is -2.35. The van der Waals surface area contributed by atoms with Crippen LogP contribution < -0.4 is 16.0 Å². The van der Waals surface area contributed by atoms with Crippen molar-refractivity contribution in [3.05, 3.63) is 36.7 Å². The fourth-order valence-electron chi connectivity index (χ4n) is 2.78. The van der Waals surface area contributed by atoms with Crippen molar-refractivity contribution >= 4 is 23.0 Å². The molecule has 1 saturated heterocycles. The van der Waals surface area contributed by atoms with E-state index in [1.54, 1.807) is 6.33 Å². The first-order valence-corrected chi connectivity index (χ1v) is 7.41. The Morgan fingerprint density at radius 3 is 2.81 bits per heavy atom. The zero-order valence-electron chi connectivity index (χ0n) is 12.3. The minimum Gasteiger partial charge on any atom is -0.393 e. The van der Waals surface area contributed by atoms with Gasteiger partial charge in [-0.1, -0.05) is 25.1 Å². The Bertz CT molecular complexity index is 599. The molecule has 110 valence electrons. The third-order valence-electron chi connectivity index (χ3n) is 3.86. The van der Waals surface area contributed by atoms with E-state index >= 15 is 0 Å². The second-order valence-electron chi connectivity index (χ2n) is 5.64. The van der Waals surface area contributed by atoms with Crippen LogP contribution in [-0.4, -0.2) is 23.1 Å². The molecule has 0 aliphatic carbocycles. The predicted octanol–water partition coefficient (Wildman–Crippen LogP) is 3.04. The number of benzene rings is 1. The average Bonchev–Trinajstić information content (AvgIpc) is 2.50. The summed E-state index contributed by atoms with van der Waals surface area (Å²) in [6.07, 6.45) is 4.04. The maximum Gasteiger partial charge on any atom is 0.159 e. The van der Waals surface area contributed by atoms with Crippen molar-refractivity contribution in [2.24, 2.45) is 5.92 Å². The van der Waals surface area contributed by atoms with Crippen molar-refractivity contribution in [1.29, 1.82) is 0 Å². The molecule has 1 aromatic heterocycles. The van der Waals surface area contributed by atoms with Gasteiger partial charge >= 0.3 is 0 Å². The number of para-hydroxylation sites is 1. The number of piperidine rings is 1. The number of nitrogens with two attached hydrogens (primary N) is 1. The molecule has 3 rings (SSSR count). The van der Waals surface area contributed by atoms with Crippen molar-refractivity contribution < 1.29 is 0 Å². The van der Waals surface area contributed by atoms with Crippen molar-refractivity contribution in [3.8, 4) is 0 Å². The average molecular weight is 283 g/mol. The molecule has 0 saturated carbocycles. The molecule has 5 heteroatoms. The van der Waals surface area contributed by atoms with E-state index in [1.165, 1.54) is 12.8 Å². The highest BCUT2D eigenvalue weighted by Gasteiger charge is 2.21. The highest BCUT2D eigenvalue weighted by molar-refractivity contribution is 5.78. The van der Waals surface area contributed by atoms with Crippen LogP contribution in [0.25, 0.3) is 0 Å². The van der Waals surface area contributed by atoms with Crippen LogP contribution in [0.2, 0.25) is 0 Å². The summed E-state index contributed by atoms with van der Waals surface area (Å²) in [7, 11) is 0. The monoisotopic (exact) mass is 283 g/mol. The molecule has 1 unspecified atom stereocenters. The van der Waals surface area contributed by atoms with Crippen LogP contribution in [0.5, 0.6) is 0 Å². The number of nitrogens with one attached hydrogen (secondary N) is 1. The number of nitrogen functional groups attached to an aromatic ring is 1. The van der Waals surface area contributed by atoms with Gasteiger partial charge in [-0.2, -0.15) is 0 Å². The van der Waals surface area contributed by atoms with E-state index in [0.717, 1.165) is 24.6 Å². The maximum absolute atomic E-state index is 6.28. The van der Waals surface area contributed by atoms with Crippen LogP contribution in [0.3, 0.4) is 0 Å². The van der Waals surface area contributed by atoms with Gasteiger partial charge < -0.3 is 16.0 Å². The summed E-state index contributed by atoms with van der Waals surface area (Å²) in [5, 5.41) is 3.26.